The molecule has 174 valence electrons. The van der Waals surface area contributed by atoms with Gasteiger partial charge in [-0.25, -0.2) is 4.79 Å². The zero-order valence-electron chi connectivity index (χ0n) is 19.1. The van der Waals surface area contributed by atoms with E-state index in [0.29, 0.717) is 25.9 Å². The van der Waals surface area contributed by atoms with E-state index in [9.17, 15) is 9.59 Å². The Morgan fingerprint density at radius 1 is 1.23 bits per heavy atom. The first-order valence-electron chi connectivity index (χ1n) is 11.4. The van der Waals surface area contributed by atoms with Crippen molar-refractivity contribution < 1.29 is 28.5 Å². The van der Waals surface area contributed by atoms with Crippen molar-refractivity contribution in [1.82, 2.24) is 5.32 Å². The van der Waals surface area contributed by atoms with E-state index in [1.165, 1.54) is 5.57 Å². The predicted molar refractivity (Wildman–Crippen MR) is 113 cm³/mol. The van der Waals surface area contributed by atoms with Crippen LogP contribution in [0, 0.1) is 5.92 Å². The number of epoxide rings is 2. The van der Waals surface area contributed by atoms with Gasteiger partial charge in [-0.05, 0) is 52.9 Å². The lowest BCUT2D eigenvalue weighted by Gasteiger charge is -2.42. The number of primary amides is 1. The van der Waals surface area contributed by atoms with Gasteiger partial charge in [-0.1, -0.05) is 24.5 Å². The number of allylic oxidation sites excluding steroid dienone is 1. The quantitative estimate of drug-likeness (QED) is 0.468. The van der Waals surface area contributed by atoms with Crippen molar-refractivity contribution in [2.45, 2.75) is 101 Å². The molecule has 4 aliphatic rings. The van der Waals surface area contributed by atoms with Crippen LogP contribution in [0.2, 0.25) is 0 Å². The summed E-state index contributed by atoms with van der Waals surface area (Å²) in [5.74, 6) is -0.540. The van der Waals surface area contributed by atoms with Gasteiger partial charge in [0.15, 0.2) is 0 Å². The minimum atomic E-state index is -1.00. The first-order valence-corrected chi connectivity index (χ1v) is 11.4. The zero-order valence-corrected chi connectivity index (χ0v) is 19.1. The molecule has 2 saturated carbocycles. The molecule has 6 atom stereocenters. The van der Waals surface area contributed by atoms with Gasteiger partial charge in [-0.2, -0.15) is 0 Å². The standard InChI is InChI=1S/C23H36N2O6/c1-14(2)7-8-16-21(3,31-16)18-17(28-4)15(9-12-23(18)13-29-23)30-20(27)25-22(19(24)26)10-5-6-11-22/h7,15-18H,5-6,8-13H2,1-4H3,(H2,24,26)(H,25,27)/t15-,16-,17-,18+,21+,23+/m1/s1. The average Bonchev–Trinajstić information content (AvgIpc) is 3.56. The fraction of sp³-hybridized carbons (Fsp3) is 0.826. The molecule has 0 aromatic carbocycles. The van der Waals surface area contributed by atoms with Crippen LogP contribution in [-0.4, -0.2) is 60.8 Å². The molecule has 3 N–H and O–H groups in total. The molecule has 0 radical (unpaired) electrons. The molecule has 0 bridgehead atoms. The lowest BCUT2D eigenvalue weighted by molar-refractivity contribution is -0.126. The molecule has 0 aromatic heterocycles. The van der Waals surface area contributed by atoms with E-state index in [1.54, 1.807) is 7.11 Å². The first-order chi connectivity index (χ1) is 14.7. The Morgan fingerprint density at radius 3 is 2.45 bits per heavy atom. The fourth-order valence-corrected chi connectivity index (χ4v) is 5.84. The molecule has 2 aliphatic heterocycles. The minimum Gasteiger partial charge on any atom is -0.443 e. The Bertz CT molecular complexity index is 753. The Labute approximate surface area is 184 Å². The summed E-state index contributed by atoms with van der Waals surface area (Å²) in [6.07, 6.45) is 5.96. The highest BCUT2D eigenvalue weighted by Gasteiger charge is 2.72. The van der Waals surface area contributed by atoms with Gasteiger partial charge in [0, 0.05) is 7.11 Å². The summed E-state index contributed by atoms with van der Waals surface area (Å²) in [6, 6.07) is 0. The highest BCUT2D eigenvalue weighted by Crippen LogP contribution is 2.59. The molecule has 4 fully saturated rings. The number of alkyl carbamates (subject to hydrolysis) is 1. The maximum atomic E-state index is 12.8. The molecule has 2 aliphatic carbocycles. The fourth-order valence-electron chi connectivity index (χ4n) is 5.84. The summed E-state index contributed by atoms with van der Waals surface area (Å²) in [5, 5.41) is 2.77. The lowest BCUT2D eigenvalue weighted by Crippen LogP contribution is -2.59. The van der Waals surface area contributed by atoms with E-state index < -0.39 is 23.6 Å². The van der Waals surface area contributed by atoms with E-state index >= 15 is 0 Å². The van der Waals surface area contributed by atoms with E-state index in [2.05, 4.69) is 32.2 Å². The summed E-state index contributed by atoms with van der Waals surface area (Å²) >= 11 is 0. The van der Waals surface area contributed by atoms with Crippen molar-refractivity contribution >= 4 is 12.0 Å². The van der Waals surface area contributed by atoms with Crippen molar-refractivity contribution in [2.75, 3.05) is 13.7 Å². The maximum absolute atomic E-state index is 12.8. The highest BCUT2D eigenvalue weighted by atomic mass is 16.6. The number of nitrogens with two attached hydrogens (primary N) is 1. The Balaban J connectivity index is 1.47. The normalized spacial score (nSPS) is 40.3. The molecule has 31 heavy (non-hydrogen) atoms. The third kappa shape index (κ3) is 4.10. The molecule has 4 rings (SSSR count). The van der Waals surface area contributed by atoms with E-state index in [1.807, 2.05) is 0 Å². The first kappa shape index (κ1) is 22.6. The number of carbonyl (C=O) groups excluding carboxylic acids is 2. The van der Waals surface area contributed by atoms with Gasteiger partial charge in [0.1, 0.15) is 28.9 Å². The number of hydrogen-bond acceptors (Lipinski definition) is 6. The molecule has 0 aromatic rings. The molecule has 2 amide bonds. The van der Waals surface area contributed by atoms with Gasteiger partial charge >= 0.3 is 6.09 Å². The number of ether oxygens (including phenoxy) is 4. The second-order valence-corrected chi connectivity index (χ2v) is 10.1. The number of nitrogens with one attached hydrogen (secondary N) is 1. The third-order valence-electron chi connectivity index (χ3n) is 7.77. The van der Waals surface area contributed by atoms with Crippen LogP contribution in [0.4, 0.5) is 4.79 Å². The zero-order chi connectivity index (χ0) is 22.4. The van der Waals surface area contributed by atoms with Crippen LogP contribution < -0.4 is 11.1 Å². The van der Waals surface area contributed by atoms with E-state index in [4.69, 9.17) is 24.7 Å². The summed E-state index contributed by atoms with van der Waals surface area (Å²) in [6.45, 7) is 6.94. The molecule has 2 saturated heterocycles. The highest BCUT2D eigenvalue weighted by molar-refractivity contribution is 5.89. The van der Waals surface area contributed by atoms with Crippen LogP contribution in [0.1, 0.15) is 65.7 Å². The number of carbonyl (C=O) groups is 2. The number of methoxy groups -OCH3 is 1. The minimum absolute atomic E-state index is 0.0382. The Morgan fingerprint density at radius 2 is 1.90 bits per heavy atom. The Kier molecular flexibility index (Phi) is 5.85. The molecule has 2 heterocycles. The smallest absolute Gasteiger partial charge is 0.408 e. The molecular formula is C23H36N2O6. The van der Waals surface area contributed by atoms with Crippen molar-refractivity contribution in [3.63, 3.8) is 0 Å². The van der Waals surface area contributed by atoms with Crippen molar-refractivity contribution in [2.24, 2.45) is 11.7 Å². The molecular weight excluding hydrogens is 400 g/mol. The predicted octanol–water partition coefficient (Wildman–Crippen LogP) is 2.59. The topological polar surface area (TPSA) is 116 Å². The van der Waals surface area contributed by atoms with Crippen LogP contribution in [0.25, 0.3) is 0 Å². The van der Waals surface area contributed by atoms with Gasteiger partial charge in [0.25, 0.3) is 0 Å². The van der Waals surface area contributed by atoms with Crippen LogP contribution in [0.15, 0.2) is 11.6 Å². The molecule has 1 spiro atoms. The van der Waals surface area contributed by atoms with Crippen molar-refractivity contribution in [1.29, 1.82) is 0 Å². The third-order valence-corrected chi connectivity index (χ3v) is 7.77. The van der Waals surface area contributed by atoms with Crippen molar-refractivity contribution in [3.05, 3.63) is 11.6 Å². The van der Waals surface area contributed by atoms with Gasteiger partial charge in [-0.15, -0.1) is 0 Å². The van der Waals surface area contributed by atoms with Gasteiger partial charge in [0.2, 0.25) is 5.91 Å². The van der Waals surface area contributed by atoms with Crippen LogP contribution >= 0.6 is 0 Å². The van der Waals surface area contributed by atoms with Gasteiger partial charge in [0.05, 0.1) is 18.6 Å². The SMILES string of the molecule is CO[C@H]1[C@@H]([C@@]2(C)O[C@@H]2CC=C(C)C)[C@]2(CC[C@H]1OC(=O)NC1(C(N)=O)CCCC1)CO2. The number of rotatable bonds is 7. The Hall–Kier alpha value is -1.64. The van der Waals surface area contributed by atoms with Crippen molar-refractivity contribution in [3.8, 4) is 0 Å². The molecule has 8 nitrogen and oxygen atoms in total. The maximum Gasteiger partial charge on any atom is 0.408 e. The van der Waals surface area contributed by atoms with Crippen LogP contribution in [0.3, 0.4) is 0 Å². The lowest BCUT2D eigenvalue weighted by atomic mass is 9.68. The van der Waals surface area contributed by atoms with Gasteiger partial charge in [-0.3, -0.25) is 4.79 Å². The second kappa shape index (κ2) is 8.05. The largest absolute Gasteiger partial charge is 0.443 e. The van der Waals surface area contributed by atoms with Crippen LogP contribution in [-0.2, 0) is 23.7 Å². The van der Waals surface area contributed by atoms with E-state index in [-0.39, 0.29) is 29.3 Å². The van der Waals surface area contributed by atoms with Crippen LogP contribution in [0.5, 0.6) is 0 Å². The summed E-state index contributed by atoms with van der Waals surface area (Å²) in [4.78, 5) is 24.8. The second-order valence-electron chi connectivity index (χ2n) is 10.1. The number of amides is 2. The monoisotopic (exact) mass is 436 g/mol. The summed E-state index contributed by atoms with van der Waals surface area (Å²) < 4.78 is 23.9. The van der Waals surface area contributed by atoms with Gasteiger partial charge < -0.3 is 30.0 Å². The number of hydrogen-bond donors (Lipinski definition) is 2. The summed E-state index contributed by atoms with van der Waals surface area (Å²) in [5.41, 5.74) is 5.19. The average molecular weight is 437 g/mol. The summed E-state index contributed by atoms with van der Waals surface area (Å²) in [7, 11) is 1.64. The van der Waals surface area contributed by atoms with E-state index in [0.717, 1.165) is 25.7 Å². The molecule has 8 heteroatoms. The molecule has 0 unspecified atom stereocenters.